The van der Waals surface area contributed by atoms with Crippen LogP contribution in [0.25, 0.3) is 10.9 Å². The predicted molar refractivity (Wildman–Crippen MR) is 76.0 cm³/mol. The quantitative estimate of drug-likeness (QED) is 0.774. The first-order valence-electron chi connectivity index (χ1n) is 6.42. The summed E-state index contributed by atoms with van der Waals surface area (Å²) >= 11 is 0. The Morgan fingerprint density at radius 3 is 2.84 bits per heavy atom. The highest BCUT2D eigenvalue weighted by atomic mass is 16.3. The molecule has 3 heteroatoms. The molecule has 2 heterocycles. The van der Waals surface area contributed by atoms with Gasteiger partial charge in [0.2, 0.25) is 0 Å². The van der Waals surface area contributed by atoms with Crippen molar-refractivity contribution in [3.05, 3.63) is 66.2 Å². The van der Waals surface area contributed by atoms with Crippen LogP contribution in [0.5, 0.6) is 0 Å². The zero-order chi connectivity index (χ0) is 13.1. The number of para-hydroxylation sites is 1. The molecule has 1 atom stereocenters. The van der Waals surface area contributed by atoms with E-state index < -0.39 is 0 Å². The van der Waals surface area contributed by atoms with E-state index in [0.29, 0.717) is 0 Å². The summed E-state index contributed by atoms with van der Waals surface area (Å²) in [5.41, 5.74) is 2.28. The second-order valence-corrected chi connectivity index (χ2v) is 4.54. The Labute approximate surface area is 112 Å². The first-order valence-corrected chi connectivity index (χ1v) is 6.42. The number of nitrogens with zero attached hydrogens (tertiary/aromatic N) is 1. The van der Waals surface area contributed by atoms with E-state index in [4.69, 9.17) is 4.42 Å². The zero-order valence-electron chi connectivity index (χ0n) is 10.8. The van der Waals surface area contributed by atoms with Crippen LogP contribution >= 0.6 is 0 Å². The highest BCUT2D eigenvalue weighted by Crippen LogP contribution is 2.25. The molecule has 0 amide bonds. The second-order valence-electron chi connectivity index (χ2n) is 4.54. The monoisotopic (exact) mass is 252 g/mol. The Bertz CT molecular complexity index is 656. The standard InChI is InChI=1S/C16H16N2O/c1-17-16(11-12-5-4-10-19-12)14-8-9-18-15-7-3-2-6-13(14)15/h2-10,16-17H,11H2,1H3. The number of likely N-dealkylation sites (N-methyl/N-ethyl adjacent to an activating group) is 1. The van der Waals surface area contributed by atoms with Crippen molar-refractivity contribution in [3.63, 3.8) is 0 Å². The molecule has 3 nitrogen and oxygen atoms in total. The molecule has 19 heavy (non-hydrogen) atoms. The summed E-state index contributed by atoms with van der Waals surface area (Å²) in [6.07, 6.45) is 4.41. The topological polar surface area (TPSA) is 38.1 Å². The van der Waals surface area contributed by atoms with Crippen molar-refractivity contribution in [1.82, 2.24) is 10.3 Å². The molecule has 2 aromatic heterocycles. The minimum absolute atomic E-state index is 0.221. The Morgan fingerprint density at radius 1 is 1.16 bits per heavy atom. The maximum Gasteiger partial charge on any atom is 0.105 e. The van der Waals surface area contributed by atoms with Crippen molar-refractivity contribution in [3.8, 4) is 0 Å². The molecule has 1 unspecified atom stereocenters. The summed E-state index contributed by atoms with van der Waals surface area (Å²) in [5, 5.41) is 4.55. The van der Waals surface area contributed by atoms with Crippen LogP contribution in [0.3, 0.4) is 0 Å². The van der Waals surface area contributed by atoms with E-state index in [1.165, 1.54) is 10.9 Å². The van der Waals surface area contributed by atoms with Crippen LogP contribution in [0.4, 0.5) is 0 Å². The lowest BCUT2D eigenvalue weighted by Crippen LogP contribution is -2.19. The number of nitrogens with one attached hydrogen (secondary N) is 1. The average molecular weight is 252 g/mol. The Kier molecular flexibility index (Phi) is 3.29. The number of hydrogen-bond acceptors (Lipinski definition) is 3. The lowest BCUT2D eigenvalue weighted by Gasteiger charge is -2.17. The lowest BCUT2D eigenvalue weighted by molar-refractivity contribution is 0.467. The summed E-state index contributed by atoms with van der Waals surface area (Å²) in [7, 11) is 1.98. The van der Waals surface area contributed by atoms with E-state index in [1.54, 1.807) is 6.26 Å². The van der Waals surface area contributed by atoms with Crippen molar-refractivity contribution in [2.45, 2.75) is 12.5 Å². The van der Waals surface area contributed by atoms with Crippen molar-refractivity contribution >= 4 is 10.9 Å². The highest BCUT2D eigenvalue weighted by molar-refractivity contribution is 5.82. The molecule has 1 N–H and O–H groups in total. The van der Waals surface area contributed by atoms with Gasteiger partial charge < -0.3 is 9.73 Å². The number of fused-ring (bicyclic) bond motifs is 1. The molecule has 0 bridgehead atoms. The van der Waals surface area contributed by atoms with Crippen LogP contribution < -0.4 is 5.32 Å². The summed E-state index contributed by atoms with van der Waals surface area (Å²) in [6, 6.07) is 14.4. The first kappa shape index (κ1) is 11.9. The van der Waals surface area contributed by atoms with Crippen LogP contribution in [0.2, 0.25) is 0 Å². The van der Waals surface area contributed by atoms with Crippen LogP contribution in [0, 0.1) is 0 Å². The molecule has 0 aliphatic carbocycles. The van der Waals surface area contributed by atoms with Gasteiger partial charge in [0, 0.05) is 24.0 Å². The number of rotatable bonds is 4. The molecule has 0 aliphatic rings. The van der Waals surface area contributed by atoms with Crippen LogP contribution in [0.15, 0.2) is 59.3 Å². The molecular formula is C16H16N2O. The number of pyridine rings is 1. The van der Waals surface area contributed by atoms with Gasteiger partial charge in [0.05, 0.1) is 11.8 Å². The van der Waals surface area contributed by atoms with Gasteiger partial charge in [-0.25, -0.2) is 0 Å². The average Bonchev–Trinajstić information content (AvgIpc) is 2.97. The van der Waals surface area contributed by atoms with Crippen molar-refractivity contribution in [2.24, 2.45) is 0 Å². The molecule has 0 fully saturated rings. The number of benzene rings is 1. The number of furan rings is 1. The third kappa shape index (κ3) is 2.37. The number of hydrogen-bond donors (Lipinski definition) is 1. The van der Waals surface area contributed by atoms with Gasteiger partial charge in [0.1, 0.15) is 5.76 Å². The number of aromatic nitrogens is 1. The van der Waals surface area contributed by atoms with Gasteiger partial charge in [-0.3, -0.25) is 4.98 Å². The normalized spacial score (nSPS) is 12.7. The largest absolute Gasteiger partial charge is 0.469 e. The minimum atomic E-state index is 0.221. The maximum absolute atomic E-state index is 5.44. The summed E-state index contributed by atoms with van der Waals surface area (Å²) in [6.45, 7) is 0. The van der Waals surface area contributed by atoms with Crippen LogP contribution in [-0.2, 0) is 6.42 Å². The minimum Gasteiger partial charge on any atom is -0.469 e. The molecule has 1 aromatic carbocycles. The SMILES string of the molecule is CNC(Cc1ccco1)c1ccnc2ccccc12. The fourth-order valence-corrected chi connectivity index (χ4v) is 2.42. The Morgan fingerprint density at radius 2 is 2.05 bits per heavy atom. The fraction of sp³-hybridized carbons (Fsp3) is 0.188. The van der Waals surface area contributed by atoms with Crippen molar-refractivity contribution in [2.75, 3.05) is 7.05 Å². The Hall–Kier alpha value is -2.13. The fourth-order valence-electron chi connectivity index (χ4n) is 2.42. The molecule has 0 radical (unpaired) electrons. The second kappa shape index (κ2) is 5.24. The van der Waals surface area contributed by atoms with Gasteiger partial charge in [0.25, 0.3) is 0 Å². The van der Waals surface area contributed by atoms with Gasteiger partial charge in [-0.2, -0.15) is 0 Å². The third-order valence-electron chi connectivity index (χ3n) is 3.39. The van der Waals surface area contributed by atoms with Crippen molar-refractivity contribution < 1.29 is 4.42 Å². The molecule has 0 saturated carbocycles. The summed E-state index contributed by atoms with van der Waals surface area (Å²) in [4.78, 5) is 4.40. The maximum atomic E-state index is 5.44. The first-order chi connectivity index (χ1) is 9.38. The Balaban J connectivity index is 2.01. The summed E-state index contributed by atoms with van der Waals surface area (Å²) < 4.78 is 5.44. The van der Waals surface area contributed by atoms with Crippen LogP contribution in [0.1, 0.15) is 17.4 Å². The van der Waals surface area contributed by atoms with E-state index in [-0.39, 0.29) is 6.04 Å². The molecule has 0 aliphatic heterocycles. The van der Waals surface area contributed by atoms with E-state index in [1.807, 2.05) is 43.6 Å². The van der Waals surface area contributed by atoms with Gasteiger partial charge in [0.15, 0.2) is 0 Å². The van der Waals surface area contributed by atoms with Gasteiger partial charge in [-0.15, -0.1) is 0 Å². The van der Waals surface area contributed by atoms with E-state index >= 15 is 0 Å². The van der Waals surface area contributed by atoms with Gasteiger partial charge >= 0.3 is 0 Å². The van der Waals surface area contributed by atoms with E-state index in [9.17, 15) is 0 Å². The van der Waals surface area contributed by atoms with Crippen molar-refractivity contribution in [1.29, 1.82) is 0 Å². The molecule has 0 saturated heterocycles. The molecule has 3 rings (SSSR count). The van der Waals surface area contributed by atoms with Gasteiger partial charge in [-0.05, 0) is 36.9 Å². The predicted octanol–water partition coefficient (Wildman–Crippen LogP) is 3.33. The molecule has 3 aromatic rings. The molecule has 96 valence electrons. The lowest BCUT2D eigenvalue weighted by atomic mass is 9.99. The molecule has 0 spiro atoms. The highest BCUT2D eigenvalue weighted by Gasteiger charge is 2.14. The zero-order valence-corrected chi connectivity index (χ0v) is 10.8. The van der Waals surface area contributed by atoms with Gasteiger partial charge in [-0.1, -0.05) is 18.2 Å². The van der Waals surface area contributed by atoms with Crippen LogP contribution in [-0.4, -0.2) is 12.0 Å². The van der Waals surface area contributed by atoms with E-state index in [2.05, 4.69) is 22.4 Å². The third-order valence-corrected chi connectivity index (χ3v) is 3.39. The molecular weight excluding hydrogens is 236 g/mol. The smallest absolute Gasteiger partial charge is 0.105 e. The van der Waals surface area contributed by atoms with E-state index in [0.717, 1.165) is 17.7 Å². The summed E-state index contributed by atoms with van der Waals surface area (Å²) in [5.74, 6) is 0.986.